The summed E-state index contributed by atoms with van der Waals surface area (Å²) in [7, 11) is 0. The van der Waals surface area contributed by atoms with E-state index in [-0.39, 0.29) is 16.9 Å². The van der Waals surface area contributed by atoms with Crippen molar-refractivity contribution >= 4 is 35.0 Å². The van der Waals surface area contributed by atoms with Crippen molar-refractivity contribution < 1.29 is 9.21 Å². The minimum Gasteiger partial charge on any atom is -0.440 e. The molecule has 0 aliphatic rings. The minimum absolute atomic E-state index is 0.198. The number of anilines is 1. The van der Waals surface area contributed by atoms with Gasteiger partial charge in [0.25, 0.3) is 5.91 Å². The van der Waals surface area contributed by atoms with E-state index in [0.29, 0.717) is 0 Å². The summed E-state index contributed by atoms with van der Waals surface area (Å²) in [6.07, 6.45) is 2.00. The number of carbonyl (C=O) groups excluding carboxylic acids is 1. The lowest BCUT2D eigenvalue weighted by Gasteiger charge is -2.03. The predicted molar refractivity (Wildman–Crippen MR) is 69.9 cm³/mol. The van der Waals surface area contributed by atoms with Crippen molar-refractivity contribution in [3.05, 3.63) is 47.4 Å². The highest BCUT2D eigenvalue weighted by Gasteiger charge is 2.10. The molecule has 3 nitrogen and oxygen atoms in total. The maximum absolute atomic E-state index is 11.7. The maximum atomic E-state index is 11.7. The number of thioether (sulfide) groups is 1. The van der Waals surface area contributed by atoms with Gasteiger partial charge < -0.3 is 9.73 Å². The minimum atomic E-state index is -0.311. The quantitative estimate of drug-likeness (QED) is 0.858. The molecule has 0 spiro atoms. The Labute approximate surface area is 108 Å². The van der Waals surface area contributed by atoms with Crippen molar-refractivity contribution in [2.75, 3.05) is 11.6 Å². The summed E-state index contributed by atoms with van der Waals surface area (Å²) in [5, 5.41) is 2.92. The molecule has 1 aromatic heterocycles. The number of amides is 1. The number of benzene rings is 1. The Morgan fingerprint density at radius 2 is 1.94 bits per heavy atom. The molecule has 0 bridgehead atoms. The zero-order valence-electron chi connectivity index (χ0n) is 9.07. The summed E-state index contributed by atoms with van der Waals surface area (Å²) in [5.74, 6) is -0.113. The summed E-state index contributed by atoms with van der Waals surface area (Å²) in [6, 6.07) is 10.6. The first kappa shape index (κ1) is 12.1. The summed E-state index contributed by atoms with van der Waals surface area (Å²) < 4.78 is 5.01. The second-order valence-electron chi connectivity index (χ2n) is 3.29. The molecule has 0 fully saturated rings. The first-order valence-corrected chi connectivity index (χ1v) is 6.50. The average molecular weight is 268 g/mol. The van der Waals surface area contributed by atoms with E-state index in [0.717, 1.165) is 10.6 Å². The van der Waals surface area contributed by atoms with Crippen LogP contribution < -0.4 is 5.32 Å². The number of furan rings is 1. The van der Waals surface area contributed by atoms with Crippen LogP contribution in [-0.4, -0.2) is 12.2 Å². The van der Waals surface area contributed by atoms with Gasteiger partial charge in [-0.2, -0.15) is 0 Å². The van der Waals surface area contributed by atoms with Gasteiger partial charge in [-0.25, -0.2) is 0 Å². The van der Waals surface area contributed by atoms with E-state index >= 15 is 0 Å². The largest absolute Gasteiger partial charge is 0.440 e. The van der Waals surface area contributed by atoms with Crippen LogP contribution in [-0.2, 0) is 0 Å². The summed E-state index contributed by atoms with van der Waals surface area (Å²) in [6.45, 7) is 0. The molecule has 5 heteroatoms. The van der Waals surface area contributed by atoms with Gasteiger partial charge in [-0.1, -0.05) is 0 Å². The number of hydrogen-bond acceptors (Lipinski definition) is 3. The van der Waals surface area contributed by atoms with E-state index in [2.05, 4.69) is 5.32 Å². The molecule has 0 radical (unpaired) electrons. The molecular formula is C12H10ClNO2S. The van der Waals surface area contributed by atoms with Crippen LogP contribution in [0.15, 0.2) is 45.7 Å². The molecule has 2 aromatic rings. The highest BCUT2D eigenvalue weighted by Crippen LogP contribution is 2.19. The van der Waals surface area contributed by atoms with E-state index < -0.39 is 0 Å². The molecule has 1 amide bonds. The monoisotopic (exact) mass is 267 g/mol. The predicted octanol–water partition coefficient (Wildman–Crippen LogP) is 3.91. The number of halogens is 1. The third kappa shape index (κ3) is 3.05. The topological polar surface area (TPSA) is 42.2 Å². The Morgan fingerprint density at radius 3 is 2.47 bits per heavy atom. The Kier molecular flexibility index (Phi) is 3.76. The fraction of sp³-hybridized carbons (Fsp3) is 0.0833. The molecule has 88 valence electrons. The third-order valence-electron chi connectivity index (χ3n) is 2.14. The molecule has 1 N–H and O–H groups in total. The standard InChI is InChI=1S/C12H10ClNO2S/c1-17-9-4-2-8(3-5-9)14-12(15)10-6-7-11(13)16-10/h2-7H,1H3,(H,14,15). The van der Waals surface area contributed by atoms with Gasteiger partial charge >= 0.3 is 0 Å². The van der Waals surface area contributed by atoms with Gasteiger partial charge in [0.1, 0.15) is 0 Å². The zero-order chi connectivity index (χ0) is 12.3. The molecule has 0 saturated carbocycles. The van der Waals surface area contributed by atoms with Crippen LogP contribution in [0.3, 0.4) is 0 Å². The maximum Gasteiger partial charge on any atom is 0.291 e. The second kappa shape index (κ2) is 5.29. The average Bonchev–Trinajstić information content (AvgIpc) is 2.77. The number of carbonyl (C=O) groups is 1. The van der Waals surface area contributed by atoms with Gasteiger partial charge in [0.15, 0.2) is 11.0 Å². The van der Waals surface area contributed by atoms with Crippen LogP contribution in [0.4, 0.5) is 5.69 Å². The highest BCUT2D eigenvalue weighted by atomic mass is 35.5. The molecule has 0 unspecified atom stereocenters. The van der Waals surface area contributed by atoms with Gasteiger partial charge in [0.05, 0.1) is 0 Å². The molecule has 17 heavy (non-hydrogen) atoms. The first-order chi connectivity index (χ1) is 8.19. The lowest BCUT2D eigenvalue weighted by atomic mass is 10.3. The van der Waals surface area contributed by atoms with E-state index in [1.165, 1.54) is 12.1 Å². The smallest absolute Gasteiger partial charge is 0.291 e. The number of nitrogens with one attached hydrogen (secondary N) is 1. The van der Waals surface area contributed by atoms with Gasteiger partial charge in [0, 0.05) is 10.6 Å². The van der Waals surface area contributed by atoms with Gasteiger partial charge in [-0.05, 0) is 54.3 Å². The number of rotatable bonds is 3. The van der Waals surface area contributed by atoms with E-state index in [9.17, 15) is 4.79 Å². The molecule has 0 aliphatic carbocycles. The van der Waals surface area contributed by atoms with Crippen LogP contribution in [0.1, 0.15) is 10.6 Å². The molecule has 0 saturated heterocycles. The Balaban J connectivity index is 2.07. The van der Waals surface area contributed by atoms with Crippen molar-refractivity contribution in [1.29, 1.82) is 0 Å². The Morgan fingerprint density at radius 1 is 1.24 bits per heavy atom. The van der Waals surface area contributed by atoms with Crippen molar-refractivity contribution in [2.24, 2.45) is 0 Å². The van der Waals surface area contributed by atoms with Crippen LogP contribution in [0, 0.1) is 0 Å². The SMILES string of the molecule is CSc1ccc(NC(=O)c2ccc(Cl)o2)cc1. The normalized spacial score (nSPS) is 10.2. The molecule has 1 aromatic carbocycles. The van der Waals surface area contributed by atoms with Gasteiger partial charge in [-0.15, -0.1) is 11.8 Å². The summed E-state index contributed by atoms with van der Waals surface area (Å²) in [5.41, 5.74) is 0.723. The Bertz CT molecular complexity index is 522. The van der Waals surface area contributed by atoms with Crippen molar-refractivity contribution in [1.82, 2.24) is 0 Å². The molecule has 0 atom stereocenters. The van der Waals surface area contributed by atoms with Crippen LogP contribution in [0.5, 0.6) is 0 Å². The van der Waals surface area contributed by atoms with Gasteiger partial charge in [-0.3, -0.25) is 4.79 Å². The van der Waals surface area contributed by atoms with Crippen LogP contribution >= 0.6 is 23.4 Å². The van der Waals surface area contributed by atoms with Crippen LogP contribution in [0.25, 0.3) is 0 Å². The van der Waals surface area contributed by atoms with E-state index in [1.807, 2.05) is 30.5 Å². The Hall–Kier alpha value is -1.39. The van der Waals surface area contributed by atoms with Crippen molar-refractivity contribution in [3.63, 3.8) is 0 Å². The van der Waals surface area contributed by atoms with E-state index in [4.69, 9.17) is 16.0 Å². The van der Waals surface area contributed by atoms with E-state index in [1.54, 1.807) is 11.8 Å². The number of hydrogen-bond donors (Lipinski definition) is 1. The lowest BCUT2D eigenvalue weighted by molar-refractivity contribution is 0.0997. The second-order valence-corrected chi connectivity index (χ2v) is 4.54. The van der Waals surface area contributed by atoms with Crippen LogP contribution in [0.2, 0.25) is 5.22 Å². The van der Waals surface area contributed by atoms with Crippen molar-refractivity contribution in [2.45, 2.75) is 4.90 Å². The zero-order valence-corrected chi connectivity index (χ0v) is 10.6. The lowest BCUT2D eigenvalue weighted by Crippen LogP contribution is -2.10. The summed E-state index contributed by atoms with van der Waals surface area (Å²) >= 11 is 7.25. The highest BCUT2D eigenvalue weighted by molar-refractivity contribution is 7.98. The molecule has 2 rings (SSSR count). The van der Waals surface area contributed by atoms with Crippen molar-refractivity contribution in [3.8, 4) is 0 Å². The van der Waals surface area contributed by atoms with Gasteiger partial charge in [0.2, 0.25) is 0 Å². The third-order valence-corrected chi connectivity index (χ3v) is 3.09. The fourth-order valence-corrected chi connectivity index (χ4v) is 1.86. The molecule has 1 heterocycles. The molecule has 0 aliphatic heterocycles. The summed E-state index contributed by atoms with van der Waals surface area (Å²) in [4.78, 5) is 12.9. The fourth-order valence-electron chi connectivity index (χ4n) is 1.30. The first-order valence-electron chi connectivity index (χ1n) is 4.90. The molecular weight excluding hydrogens is 258 g/mol.